The first-order valence-electron chi connectivity index (χ1n) is 40.5. The fourth-order valence-corrected chi connectivity index (χ4v) is 13.6. The average Bonchev–Trinajstić information content (AvgIpc) is 1.25. The molecule has 0 bridgehead atoms. The molecule has 576 valence electrons. The summed E-state index contributed by atoms with van der Waals surface area (Å²) in [5.41, 5.74) is 0. The average molecular weight is 1420 g/mol. The van der Waals surface area contributed by atoms with Gasteiger partial charge in [-0.15, -0.1) is 0 Å². The van der Waals surface area contributed by atoms with Gasteiger partial charge in [0.15, 0.2) is 12.2 Å². The number of hydrogen-bond acceptors (Lipinski definition) is 15. The number of hydrogen-bond donors (Lipinski definition) is 3. The Morgan fingerprint density at radius 3 is 0.701 bits per heavy atom. The fraction of sp³-hybridized carbons (Fsp3) is 0.949. The summed E-state index contributed by atoms with van der Waals surface area (Å²) >= 11 is 0. The molecule has 17 nitrogen and oxygen atoms in total. The van der Waals surface area contributed by atoms with Crippen LogP contribution in [0.25, 0.3) is 0 Å². The van der Waals surface area contributed by atoms with Gasteiger partial charge in [-0.05, 0) is 37.5 Å². The van der Waals surface area contributed by atoms with Crippen LogP contribution in [-0.2, 0) is 65.4 Å². The highest BCUT2D eigenvalue weighted by molar-refractivity contribution is 7.47. The number of aliphatic hydroxyl groups is 1. The van der Waals surface area contributed by atoms with Gasteiger partial charge in [-0.1, -0.05) is 356 Å². The van der Waals surface area contributed by atoms with Gasteiger partial charge in [0.25, 0.3) is 0 Å². The van der Waals surface area contributed by atoms with Gasteiger partial charge in [0.2, 0.25) is 0 Å². The van der Waals surface area contributed by atoms with Gasteiger partial charge in [-0.25, -0.2) is 9.13 Å². The van der Waals surface area contributed by atoms with Gasteiger partial charge in [-0.3, -0.25) is 37.3 Å². The van der Waals surface area contributed by atoms with Gasteiger partial charge in [0.1, 0.15) is 19.3 Å². The SMILES string of the molecule is CCCCCCCCCCCCCCCCCCCCCCC(=O)O[C@H](COC(=O)CCCCCCCCCCCCCCCCCCC(C)C)COP(=O)(O)OC[C@@H](O)COP(=O)(O)OC[C@@H](COC(=O)CCCCCCC)OC(=O)CCCCCCCCCCCCC(C)C. The monoisotopic (exact) mass is 1420 g/mol. The van der Waals surface area contributed by atoms with Crippen molar-refractivity contribution in [3.63, 3.8) is 0 Å². The van der Waals surface area contributed by atoms with E-state index in [0.717, 1.165) is 108 Å². The summed E-state index contributed by atoms with van der Waals surface area (Å²) in [6, 6.07) is 0. The molecule has 0 rings (SSSR count). The first-order chi connectivity index (χ1) is 46.9. The maximum Gasteiger partial charge on any atom is 0.472 e. The molecule has 0 spiro atoms. The number of phosphoric ester groups is 2. The molecule has 0 aliphatic heterocycles. The van der Waals surface area contributed by atoms with Crippen molar-refractivity contribution in [2.75, 3.05) is 39.6 Å². The van der Waals surface area contributed by atoms with E-state index in [9.17, 15) is 43.2 Å². The Kier molecular flexibility index (Phi) is 68.4. The van der Waals surface area contributed by atoms with E-state index in [-0.39, 0.29) is 25.7 Å². The van der Waals surface area contributed by atoms with E-state index >= 15 is 0 Å². The number of ether oxygens (including phenoxy) is 4. The molecule has 0 amide bonds. The maximum atomic E-state index is 13.1. The third-order valence-electron chi connectivity index (χ3n) is 18.2. The quantitative estimate of drug-likeness (QED) is 0.0222. The summed E-state index contributed by atoms with van der Waals surface area (Å²) in [5.74, 6) is -0.560. The van der Waals surface area contributed by atoms with Crippen LogP contribution in [0.1, 0.15) is 408 Å². The van der Waals surface area contributed by atoms with E-state index in [0.29, 0.717) is 25.7 Å². The van der Waals surface area contributed by atoms with Crippen LogP contribution in [0.15, 0.2) is 0 Å². The summed E-state index contributed by atoms with van der Waals surface area (Å²) in [4.78, 5) is 72.6. The minimum atomic E-state index is -4.96. The number of unbranched alkanes of at least 4 members (excludes halogenated alkanes) is 47. The molecule has 0 aromatic rings. The normalized spacial score (nSPS) is 14.0. The van der Waals surface area contributed by atoms with E-state index in [1.54, 1.807) is 0 Å². The minimum absolute atomic E-state index is 0.105. The predicted octanol–water partition coefficient (Wildman–Crippen LogP) is 23.1. The van der Waals surface area contributed by atoms with Crippen molar-refractivity contribution in [2.24, 2.45) is 11.8 Å². The largest absolute Gasteiger partial charge is 0.472 e. The molecule has 0 saturated heterocycles. The zero-order valence-electron chi connectivity index (χ0n) is 63.4. The van der Waals surface area contributed by atoms with Gasteiger partial charge in [0.05, 0.1) is 26.4 Å². The highest BCUT2D eigenvalue weighted by atomic mass is 31.2. The lowest BCUT2D eigenvalue weighted by Crippen LogP contribution is -2.30. The Balaban J connectivity index is 5.13. The molecule has 0 aliphatic rings. The lowest BCUT2D eigenvalue weighted by molar-refractivity contribution is -0.161. The van der Waals surface area contributed by atoms with Crippen molar-refractivity contribution in [3.8, 4) is 0 Å². The van der Waals surface area contributed by atoms with Gasteiger partial charge in [-0.2, -0.15) is 0 Å². The maximum absolute atomic E-state index is 13.1. The Labute approximate surface area is 594 Å². The van der Waals surface area contributed by atoms with Crippen LogP contribution in [0.5, 0.6) is 0 Å². The Hall–Kier alpha value is -1.94. The summed E-state index contributed by atoms with van der Waals surface area (Å²) in [6.07, 6.45) is 58.8. The number of aliphatic hydroxyl groups excluding tert-OH is 1. The van der Waals surface area contributed by atoms with Crippen molar-refractivity contribution >= 4 is 39.5 Å². The molecular formula is C78H152O17P2. The van der Waals surface area contributed by atoms with Crippen molar-refractivity contribution < 1.29 is 80.2 Å². The number of phosphoric acid groups is 2. The summed E-state index contributed by atoms with van der Waals surface area (Å²) in [6.45, 7) is 9.54. The topological polar surface area (TPSA) is 237 Å². The predicted molar refractivity (Wildman–Crippen MR) is 395 cm³/mol. The zero-order chi connectivity index (χ0) is 71.4. The Morgan fingerprint density at radius 2 is 0.474 bits per heavy atom. The van der Waals surface area contributed by atoms with Gasteiger partial charge in [0, 0.05) is 25.7 Å². The molecule has 0 heterocycles. The number of carbonyl (C=O) groups excluding carboxylic acids is 4. The van der Waals surface area contributed by atoms with Crippen molar-refractivity contribution in [1.82, 2.24) is 0 Å². The highest BCUT2D eigenvalue weighted by Gasteiger charge is 2.30. The number of rotatable bonds is 77. The van der Waals surface area contributed by atoms with Crippen LogP contribution in [-0.4, -0.2) is 96.7 Å². The van der Waals surface area contributed by atoms with Crippen molar-refractivity contribution in [3.05, 3.63) is 0 Å². The molecule has 0 radical (unpaired) electrons. The number of esters is 4. The Bertz CT molecular complexity index is 1870. The third-order valence-corrected chi connectivity index (χ3v) is 20.1. The highest BCUT2D eigenvalue weighted by Crippen LogP contribution is 2.45. The van der Waals surface area contributed by atoms with Crippen LogP contribution in [0, 0.1) is 11.8 Å². The number of carbonyl (C=O) groups is 4. The molecule has 0 aliphatic carbocycles. The molecule has 0 aromatic carbocycles. The molecular weight excluding hydrogens is 1270 g/mol. The van der Waals surface area contributed by atoms with E-state index in [1.165, 1.54) is 218 Å². The Morgan fingerprint density at radius 1 is 0.278 bits per heavy atom. The molecule has 0 saturated carbocycles. The molecule has 3 N–H and O–H groups in total. The van der Waals surface area contributed by atoms with Crippen molar-refractivity contribution in [2.45, 2.75) is 426 Å². The standard InChI is InChI=1S/C78H152O17P2/c1-7-9-11-13-14-15-16-17-18-19-20-21-22-27-30-33-39-44-50-56-62-78(83)95-74(67-89-76(81)61-55-49-43-38-32-29-26-24-23-25-28-31-36-41-47-52-58-70(3)4)69-93-97(86,87)91-65-72(79)64-90-96(84,85)92-68-73(66-88-75(80)60-54-46-12-10-8-2)94-77(82)63-57-51-45-40-35-34-37-42-48-53-59-71(5)6/h70-74,79H,7-69H2,1-6H3,(H,84,85)(H,86,87)/t72-,73+,74+/m0/s1. The molecule has 97 heavy (non-hydrogen) atoms. The smallest absolute Gasteiger partial charge is 0.462 e. The second-order valence-corrected chi connectivity index (χ2v) is 32.0. The molecule has 2 unspecified atom stereocenters. The zero-order valence-corrected chi connectivity index (χ0v) is 65.2. The summed E-state index contributed by atoms with van der Waals surface area (Å²) in [5, 5.41) is 10.6. The van der Waals surface area contributed by atoms with Crippen LogP contribution >= 0.6 is 15.6 Å². The van der Waals surface area contributed by atoms with Crippen molar-refractivity contribution in [1.29, 1.82) is 0 Å². The fourth-order valence-electron chi connectivity index (χ4n) is 12.0. The second-order valence-electron chi connectivity index (χ2n) is 29.1. The van der Waals surface area contributed by atoms with Gasteiger partial charge >= 0.3 is 39.5 Å². The summed E-state index contributed by atoms with van der Waals surface area (Å²) < 4.78 is 68.4. The van der Waals surface area contributed by atoms with Crippen LogP contribution in [0.4, 0.5) is 0 Å². The molecule has 0 fully saturated rings. The molecule has 0 aromatic heterocycles. The van der Waals surface area contributed by atoms with E-state index in [4.69, 9.17) is 37.0 Å². The van der Waals surface area contributed by atoms with E-state index in [2.05, 4.69) is 41.5 Å². The third kappa shape index (κ3) is 72.2. The van der Waals surface area contributed by atoms with Gasteiger partial charge < -0.3 is 33.8 Å². The van der Waals surface area contributed by atoms with Crippen LogP contribution in [0.2, 0.25) is 0 Å². The van der Waals surface area contributed by atoms with E-state index in [1.807, 2.05) is 0 Å². The first kappa shape index (κ1) is 95.1. The lowest BCUT2D eigenvalue weighted by Gasteiger charge is -2.21. The molecule has 19 heteroatoms. The first-order valence-corrected chi connectivity index (χ1v) is 43.5. The molecule has 5 atom stereocenters. The lowest BCUT2D eigenvalue weighted by atomic mass is 10.0. The van der Waals surface area contributed by atoms with Crippen LogP contribution in [0.3, 0.4) is 0 Å². The summed E-state index contributed by atoms with van der Waals surface area (Å²) in [7, 11) is -9.90. The van der Waals surface area contributed by atoms with E-state index < -0.39 is 97.5 Å². The van der Waals surface area contributed by atoms with Crippen LogP contribution < -0.4 is 0 Å². The minimum Gasteiger partial charge on any atom is -0.462 e. The second kappa shape index (κ2) is 69.8.